The molecule has 27 heavy (non-hydrogen) atoms. The monoisotopic (exact) mass is 382 g/mol. The van der Waals surface area contributed by atoms with Crippen molar-refractivity contribution < 1.29 is 9.53 Å². The number of methoxy groups -OCH3 is 1. The standard InChI is InChI=1S/C20H19ClN4O2/c1-12-4-5-14(8-13(12)2)25-20(26)17-10-23-19(11-22-17)24-15-6-7-18(27-3)16(21)9-15/h4-11H,1-3H3,(H,23,24)(H,25,26). The van der Waals surface area contributed by atoms with Crippen LogP contribution >= 0.6 is 11.6 Å². The first-order valence-corrected chi connectivity index (χ1v) is 8.65. The minimum Gasteiger partial charge on any atom is -0.495 e. The van der Waals surface area contributed by atoms with E-state index in [1.165, 1.54) is 18.0 Å². The van der Waals surface area contributed by atoms with Crippen LogP contribution in [0, 0.1) is 13.8 Å². The van der Waals surface area contributed by atoms with E-state index < -0.39 is 0 Å². The van der Waals surface area contributed by atoms with Crippen LogP contribution in [0.15, 0.2) is 48.8 Å². The van der Waals surface area contributed by atoms with Gasteiger partial charge in [-0.25, -0.2) is 9.97 Å². The molecule has 0 bridgehead atoms. The Labute approximate surface area is 162 Å². The van der Waals surface area contributed by atoms with Gasteiger partial charge in [-0.2, -0.15) is 0 Å². The van der Waals surface area contributed by atoms with E-state index in [0.717, 1.165) is 16.9 Å². The quantitative estimate of drug-likeness (QED) is 0.665. The predicted molar refractivity (Wildman–Crippen MR) is 107 cm³/mol. The summed E-state index contributed by atoms with van der Waals surface area (Å²) in [6, 6.07) is 11.0. The van der Waals surface area contributed by atoms with E-state index >= 15 is 0 Å². The fourth-order valence-corrected chi connectivity index (χ4v) is 2.67. The molecule has 0 saturated carbocycles. The molecular formula is C20H19ClN4O2. The van der Waals surface area contributed by atoms with Crippen LogP contribution in [-0.4, -0.2) is 23.0 Å². The smallest absolute Gasteiger partial charge is 0.275 e. The lowest BCUT2D eigenvalue weighted by molar-refractivity contribution is 0.102. The molecule has 0 spiro atoms. The first kappa shape index (κ1) is 18.7. The number of benzene rings is 2. The zero-order valence-electron chi connectivity index (χ0n) is 15.2. The van der Waals surface area contributed by atoms with Crippen LogP contribution in [0.5, 0.6) is 5.75 Å². The second-order valence-electron chi connectivity index (χ2n) is 6.01. The van der Waals surface area contributed by atoms with Crippen LogP contribution in [0.1, 0.15) is 21.6 Å². The number of ether oxygens (including phenoxy) is 1. The molecular weight excluding hydrogens is 364 g/mol. The van der Waals surface area contributed by atoms with Crippen molar-refractivity contribution in [2.24, 2.45) is 0 Å². The Balaban J connectivity index is 1.68. The third kappa shape index (κ3) is 4.54. The summed E-state index contributed by atoms with van der Waals surface area (Å²) in [5, 5.41) is 6.39. The molecule has 0 saturated heterocycles. The van der Waals surface area contributed by atoms with Crippen molar-refractivity contribution in [1.82, 2.24) is 9.97 Å². The van der Waals surface area contributed by atoms with Crippen molar-refractivity contribution in [2.45, 2.75) is 13.8 Å². The summed E-state index contributed by atoms with van der Waals surface area (Å²) >= 11 is 6.11. The molecule has 0 aliphatic rings. The molecule has 1 amide bonds. The number of carbonyl (C=O) groups excluding carboxylic acids is 1. The van der Waals surface area contributed by atoms with Crippen LogP contribution in [-0.2, 0) is 0 Å². The fourth-order valence-electron chi connectivity index (χ4n) is 2.42. The highest BCUT2D eigenvalue weighted by molar-refractivity contribution is 6.32. The lowest BCUT2D eigenvalue weighted by Gasteiger charge is -2.09. The molecule has 1 heterocycles. The molecule has 0 fully saturated rings. The highest BCUT2D eigenvalue weighted by atomic mass is 35.5. The molecule has 0 unspecified atom stereocenters. The number of hydrogen-bond acceptors (Lipinski definition) is 5. The molecule has 2 N–H and O–H groups in total. The maximum absolute atomic E-state index is 12.3. The first-order valence-electron chi connectivity index (χ1n) is 8.27. The van der Waals surface area contributed by atoms with Crippen molar-refractivity contribution in [1.29, 1.82) is 0 Å². The molecule has 7 heteroatoms. The van der Waals surface area contributed by atoms with Crippen LogP contribution in [0.4, 0.5) is 17.2 Å². The molecule has 6 nitrogen and oxygen atoms in total. The van der Waals surface area contributed by atoms with Gasteiger partial charge in [0.2, 0.25) is 0 Å². The molecule has 1 aromatic heterocycles. The molecule has 0 radical (unpaired) electrons. The lowest BCUT2D eigenvalue weighted by Crippen LogP contribution is -2.14. The second kappa shape index (κ2) is 8.05. The van der Waals surface area contributed by atoms with Gasteiger partial charge in [-0.15, -0.1) is 0 Å². The number of carbonyl (C=O) groups is 1. The molecule has 3 rings (SSSR count). The number of anilines is 3. The Morgan fingerprint density at radius 2 is 1.78 bits per heavy atom. The predicted octanol–water partition coefficient (Wildman–Crippen LogP) is 4.75. The third-order valence-corrected chi connectivity index (χ3v) is 4.37. The Kier molecular flexibility index (Phi) is 5.57. The third-order valence-electron chi connectivity index (χ3n) is 4.07. The van der Waals surface area contributed by atoms with Gasteiger partial charge in [0.15, 0.2) is 0 Å². The topological polar surface area (TPSA) is 76.1 Å². The summed E-state index contributed by atoms with van der Waals surface area (Å²) in [6.45, 7) is 4.02. The highest BCUT2D eigenvalue weighted by Gasteiger charge is 2.10. The summed E-state index contributed by atoms with van der Waals surface area (Å²) in [4.78, 5) is 20.7. The van der Waals surface area contributed by atoms with E-state index in [9.17, 15) is 4.79 Å². The number of amides is 1. The average molecular weight is 383 g/mol. The Bertz CT molecular complexity index is 974. The van der Waals surface area contributed by atoms with Gasteiger partial charge in [0, 0.05) is 11.4 Å². The van der Waals surface area contributed by atoms with E-state index in [1.807, 2.05) is 38.1 Å². The van der Waals surface area contributed by atoms with Crippen molar-refractivity contribution in [3.63, 3.8) is 0 Å². The zero-order chi connectivity index (χ0) is 19.4. The van der Waals surface area contributed by atoms with Crippen molar-refractivity contribution in [2.75, 3.05) is 17.7 Å². The summed E-state index contributed by atoms with van der Waals surface area (Å²) in [5.41, 5.74) is 3.97. The molecule has 0 atom stereocenters. The van der Waals surface area contributed by atoms with Gasteiger partial charge >= 0.3 is 0 Å². The Morgan fingerprint density at radius 3 is 2.41 bits per heavy atom. The van der Waals surface area contributed by atoms with E-state index in [1.54, 1.807) is 19.2 Å². The van der Waals surface area contributed by atoms with Gasteiger partial charge in [-0.1, -0.05) is 17.7 Å². The Hall–Kier alpha value is -3.12. The van der Waals surface area contributed by atoms with Gasteiger partial charge in [-0.3, -0.25) is 4.79 Å². The minimum absolute atomic E-state index is 0.228. The maximum Gasteiger partial charge on any atom is 0.275 e. The van der Waals surface area contributed by atoms with E-state index in [-0.39, 0.29) is 11.6 Å². The molecule has 138 valence electrons. The van der Waals surface area contributed by atoms with E-state index in [0.29, 0.717) is 16.6 Å². The number of hydrogen-bond donors (Lipinski definition) is 2. The summed E-state index contributed by atoms with van der Waals surface area (Å²) in [6.07, 6.45) is 2.91. The molecule has 2 aromatic carbocycles. The van der Waals surface area contributed by atoms with Gasteiger partial charge in [0.05, 0.1) is 24.5 Å². The number of halogens is 1. The minimum atomic E-state index is -0.315. The first-order chi connectivity index (χ1) is 13.0. The lowest BCUT2D eigenvalue weighted by atomic mass is 10.1. The maximum atomic E-state index is 12.3. The highest BCUT2D eigenvalue weighted by Crippen LogP contribution is 2.28. The number of rotatable bonds is 5. The normalized spacial score (nSPS) is 10.4. The number of nitrogens with one attached hydrogen (secondary N) is 2. The summed E-state index contributed by atoms with van der Waals surface area (Å²) in [7, 11) is 1.56. The van der Waals surface area contributed by atoms with Crippen molar-refractivity contribution in [3.05, 3.63) is 70.6 Å². The van der Waals surface area contributed by atoms with Crippen molar-refractivity contribution in [3.8, 4) is 5.75 Å². The number of aryl methyl sites for hydroxylation is 2. The van der Waals surface area contributed by atoms with Crippen LogP contribution in [0.2, 0.25) is 5.02 Å². The Morgan fingerprint density at radius 1 is 1.00 bits per heavy atom. The van der Waals surface area contributed by atoms with Crippen LogP contribution in [0.25, 0.3) is 0 Å². The fraction of sp³-hybridized carbons (Fsp3) is 0.150. The molecule has 0 aliphatic heterocycles. The van der Waals surface area contributed by atoms with Crippen LogP contribution < -0.4 is 15.4 Å². The molecule has 3 aromatic rings. The van der Waals surface area contributed by atoms with Crippen molar-refractivity contribution >= 4 is 34.7 Å². The second-order valence-corrected chi connectivity index (χ2v) is 6.42. The van der Waals surface area contributed by atoms with E-state index in [2.05, 4.69) is 20.6 Å². The molecule has 0 aliphatic carbocycles. The van der Waals surface area contributed by atoms with Gasteiger partial charge in [0.1, 0.15) is 17.3 Å². The van der Waals surface area contributed by atoms with Gasteiger partial charge in [-0.05, 0) is 55.3 Å². The van der Waals surface area contributed by atoms with E-state index in [4.69, 9.17) is 16.3 Å². The largest absolute Gasteiger partial charge is 0.495 e. The van der Waals surface area contributed by atoms with Gasteiger partial charge in [0.25, 0.3) is 5.91 Å². The summed E-state index contributed by atoms with van der Waals surface area (Å²) < 4.78 is 5.12. The number of nitrogens with zero attached hydrogens (tertiary/aromatic N) is 2. The number of aromatic nitrogens is 2. The summed E-state index contributed by atoms with van der Waals surface area (Å²) in [5.74, 6) is 0.774. The van der Waals surface area contributed by atoms with Gasteiger partial charge < -0.3 is 15.4 Å². The van der Waals surface area contributed by atoms with Crippen LogP contribution in [0.3, 0.4) is 0 Å². The average Bonchev–Trinajstić information content (AvgIpc) is 2.65. The zero-order valence-corrected chi connectivity index (χ0v) is 16.0. The SMILES string of the molecule is COc1ccc(Nc2cnc(C(=O)Nc3ccc(C)c(C)c3)cn2)cc1Cl.